The van der Waals surface area contributed by atoms with E-state index in [4.69, 9.17) is 14.2 Å². The molecule has 0 bridgehead atoms. The third-order valence-electron chi connectivity index (χ3n) is 6.64. The first-order valence-electron chi connectivity index (χ1n) is 14.5. The van der Waals surface area contributed by atoms with Gasteiger partial charge in [0.1, 0.15) is 37.1 Å². The minimum Gasteiger partial charge on any atom is -0.459 e. The Labute approximate surface area is 239 Å². The number of methoxy groups -OCH3 is 1. The summed E-state index contributed by atoms with van der Waals surface area (Å²) in [6.45, 7) is 8.32. The summed E-state index contributed by atoms with van der Waals surface area (Å²) in [7, 11) is 1.18. The zero-order valence-corrected chi connectivity index (χ0v) is 24.9. The maximum absolute atomic E-state index is 12.8. The van der Waals surface area contributed by atoms with Crippen molar-refractivity contribution in [3.05, 3.63) is 12.2 Å². The standard InChI is InChI=1S/C29H52N2O9/c1-6-7-8-9-10-11-12-17-39-19-23(33)40-20-13-14-21(27(36)30-18-20)31-28(37)26(38-5)25(35)24(34)22(32)15-16-29(2,3)4/h15-16,20-22,24-26,32,34-35H,6-14,17-19H2,1-5H3,(H,30,36)(H,31,37). The maximum Gasteiger partial charge on any atom is 0.332 e. The molecule has 6 atom stereocenters. The summed E-state index contributed by atoms with van der Waals surface area (Å²) in [4.78, 5) is 37.5. The molecule has 6 unspecified atom stereocenters. The molecule has 0 aliphatic carbocycles. The van der Waals surface area contributed by atoms with Crippen LogP contribution in [-0.4, -0.2) is 96.5 Å². The molecule has 1 aliphatic heterocycles. The van der Waals surface area contributed by atoms with Crippen LogP contribution in [0.15, 0.2) is 12.2 Å². The summed E-state index contributed by atoms with van der Waals surface area (Å²) in [6.07, 6.45) is 4.59. The van der Waals surface area contributed by atoms with Crippen LogP contribution in [0, 0.1) is 5.41 Å². The lowest BCUT2D eigenvalue weighted by molar-refractivity contribution is -0.154. The smallest absolute Gasteiger partial charge is 0.332 e. The highest BCUT2D eigenvalue weighted by atomic mass is 16.6. The van der Waals surface area contributed by atoms with Crippen molar-refractivity contribution in [2.75, 3.05) is 26.9 Å². The van der Waals surface area contributed by atoms with Crippen LogP contribution in [0.4, 0.5) is 0 Å². The second-order valence-electron chi connectivity index (χ2n) is 11.5. The third kappa shape index (κ3) is 14.5. The number of unbranched alkanes of at least 4 members (excludes halogenated alkanes) is 6. The van der Waals surface area contributed by atoms with Gasteiger partial charge in [-0.2, -0.15) is 0 Å². The maximum atomic E-state index is 12.8. The molecule has 0 aromatic heterocycles. The van der Waals surface area contributed by atoms with Crippen LogP contribution in [0.5, 0.6) is 0 Å². The van der Waals surface area contributed by atoms with Gasteiger partial charge in [0.05, 0.1) is 6.54 Å². The number of carbonyl (C=O) groups excluding carboxylic acids is 3. The highest BCUT2D eigenvalue weighted by Crippen LogP contribution is 2.17. The molecule has 0 radical (unpaired) electrons. The molecular formula is C29H52N2O9. The van der Waals surface area contributed by atoms with Gasteiger partial charge < -0.3 is 40.2 Å². The molecule has 5 N–H and O–H groups in total. The van der Waals surface area contributed by atoms with Crippen molar-refractivity contribution in [1.29, 1.82) is 0 Å². The van der Waals surface area contributed by atoms with Crippen molar-refractivity contribution >= 4 is 17.8 Å². The quantitative estimate of drug-likeness (QED) is 0.0935. The van der Waals surface area contributed by atoms with E-state index in [1.807, 2.05) is 20.8 Å². The van der Waals surface area contributed by atoms with Gasteiger partial charge in [-0.05, 0) is 24.7 Å². The summed E-state index contributed by atoms with van der Waals surface area (Å²) in [5, 5.41) is 36.2. The summed E-state index contributed by atoms with van der Waals surface area (Å²) in [5.41, 5.74) is -0.261. The summed E-state index contributed by atoms with van der Waals surface area (Å²) in [6, 6.07) is -0.961. The Bertz CT molecular complexity index is 784. The van der Waals surface area contributed by atoms with Crippen LogP contribution in [0.1, 0.15) is 85.5 Å². The van der Waals surface area contributed by atoms with Gasteiger partial charge in [0.25, 0.3) is 5.91 Å². The monoisotopic (exact) mass is 572 g/mol. The van der Waals surface area contributed by atoms with Crippen LogP contribution >= 0.6 is 0 Å². The Hall–Kier alpha value is -2.05. The van der Waals surface area contributed by atoms with Crippen LogP contribution in [0.2, 0.25) is 0 Å². The van der Waals surface area contributed by atoms with Crippen molar-refractivity contribution < 1.29 is 43.9 Å². The Balaban J connectivity index is 2.48. The predicted octanol–water partition coefficient (Wildman–Crippen LogP) is 1.76. The topological polar surface area (TPSA) is 164 Å². The molecule has 0 aromatic carbocycles. The molecular weight excluding hydrogens is 520 g/mol. The highest BCUT2D eigenvalue weighted by Gasteiger charge is 2.37. The lowest BCUT2D eigenvalue weighted by Crippen LogP contribution is -2.55. The van der Waals surface area contributed by atoms with Crippen molar-refractivity contribution in [1.82, 2.24) is 10.6 Å². The second-order valence-corrected chi connectivity index (χ2v) is 11.5. The summed E-state index contributed by atoms with van der Waals surface area (Å²) in [5.74, 6) is -1.81. The first-order chi connectivity index (χ1) is 18.9. The summed E-state index contributed by atoms with van der Waals surface area (Å²) < 4.78 is 15.9. The largest absolute Gasteiger partial charge is 0.459 e. The minimum atomic E-state index is -1.76. The van der Waals surface area contributed by atoms with Crippen LogP contribution < -0.4 is 10.6 Å². The second kappa shape index (κ2) is 19.1. The van der Waals surface area contributed by atoms with E-state index in [1.54, 1.807) is 6.08 Å². The molecule has 40 heavy (non-hydrogen) atoms. The van der Waals surface area contributed by atoms with Gasteiger partial charge in [-0.1, -0.05) is 78.4 Å². The molecule has 1 fully saturated rings. The normalized spacial score (nSPS) is 21.2. The number of hydrogen-bond acceptors (Lipinski definition) is 9. The van der Waals surface area contributed by atoms with Gasteiger partial charge in [-0.25, -0.2) is 4.79 Å². The molecule has 0 saturated carbocycles. The number of esters is 1. The molecule has 0 spiro atoms. The van der Waals surface area contributed by atoms with E-state index in [1.165, 1.54) is 38.9 Å². The van der Waals surface area contributed by atoms with Crippen LogP contribution in [-0.2, 0) is 28.6 Å². The number of aliphatic hydroxyl groups excluding tert-OH is 3. The van der Waals surface area contributed by atoms with Gasteiger partial charge >= 0.3 is 5.97 Å². The van der Waals surface area contributed by atoms with Gasteiger partial charge in [0, 0.05) is 13.7 Å². The predicted molar refractivity (Wildman–Crippen MR) is 150 cm³/mol. The average Bonchev–Trinajstić information content (AvgIpc) is 3.06. The minimum absolute atomic E-state index is 0.0933. The zero-order chi connectivity index (χ0) is 30.1. The Morgan fingerprint density at radius 3 is 2.33 bits per heavy atom. The van der Waals surface area contributed by atoms with Gasteiger partial charge in [-0.15, -0.1) is 0 Å². The number of rotatable bonds is 18. The molecule has 2 amide bonds. The first kappa shape index (κ1) is 36.0. The van der Waals surface area contributed by atoms with E-state index in [-0.39, 0.29) is 25.0 Å². The zero-order valence-electron chi connectivity index (χ0n) is 24.9. The molecule has 232 valence electrons. The van der Waals surface area contributed by atoms with E-state index >= 15 is 0 Å². The van der Waals surface area contributed by atoms with Crippen LogP contribution in [0.3, 0.4) is 0 Å². The molecule has 1 aliphatic rings. The van der Waals surface area contributed by atoms with Crippen LogP contribution in [0.25, 0.3) is 0 Å². The van der Waals surface area contributed by atoms with Gasteiger partial charge in [-0.3, -0.25) is 9.59 Å². The first-order valence-corrected chi connectivity index (χ1v) is 14.5. The van der Waals surface area contributed by atoms with Crippen molar-refractivity contribution in [2.24, 2.45) is 5.41 Å². The number of amides is 2. The Kier molecular flexibility index (Phi) is 17.2. The van der Waals surface area contributed by atoms with Gasteiger partial charge in [0.15, 0.2) is 6.10 Å². The number of ether oxygens (including phenoxy) is 3. The van der Waals surface area contributed by atoms with Crippen molar-refractivity contribution in [3.8, 4) is 0 Å². The van der Waals surface area contributed by atoms with Crippen molar-refractivity contribution in [3.63, 3.8) is 0 Å². The molecule has 0 aromatic rings. The van der Waals surface area contributed by atoms with E-state index in [0.29, 0.717) is 13.0 Å². The van der Waals surface area contributed by atoms with E-state index in [2.05, 4.69) is 17.6 Å². The lowest BCUT2D eigenvalue weighted by Gasteiger charge is -2.28. The highest BCUT2D eigenvalue weighted by molar-refractivity contribution is 5.89. The Morgan fingerprint density at radius 2 is 1.70 bits per heavy atom. The van der Waals surface area contributed by atoms with E-state index in [0.717, 1.165) is 19.3 Å². The third-order valence-corrected chi connectivity index (χ3v) is 6.64. The number of allylic oxidation sites excluding steroid dienone is 1. The number of nitrogens with one attached hydrogen (secondary N) is 2. The fraction of sp³-hybridized carbons (Fsp3) is 0.828. The number of aliphatic hydroxyl groups is 3. The molecule has 11 nitrogen and oxygen atoms in total. The molecule has 11 heteroatoms. The lowest BCUT2D eigenvalue weighted by atomic mass is 9.94. The molecule has 1 rings (SSSR count). The summed E-state index contributed by atoms with van der Waals surface area (Å²) >= 11 is 0. The molecule has 1 heterocycles. The fourth-order valence-corrected chi connectivity index (χ4v) is 4.24. The fourth-order valence-electron chi connectivity index (χ4n) is 4.24. The number of hydrogen-bond donors (Lipinski definition) is 5. The van der Waals surface area contributed by atoms with Gasteiger partial charge in [0.2, 0.25) is 5.91 Å². The molecule has 1 saturated heterocycles. The van der Waals surface area contributed by atoms with E-state index in [9.17, 15) is 29.7 Å². The van der Waals surface area contributed by atoms with E-state index < -0.39 is 54.3 Å². The number of carbonyl (C=O) groups is 3. The Morgan fingerprint density at radius 1 is 1.05 bits per heavy atom. The van der Waals surface area contributed by atoms with Crippen molar-refractivity contribution in [2.45, 2.75) is 122 Å². The average molecular weight is 573 g/mol. The SMILES string of the molecule is CCCCCCCCCOCC(=O)OC1CCC(NC(=O)C(OC)C(O)C(O)C(O)C=CC(C)(C)C)C(=O)NC1.